The second kappa shape index (κ2) is 9.70. The molecule has 0 atom stereocenters. The molecule has 1 aliphatic rings. The van der Waals surface area contributed by atoms with Gasteiger partial charge in [-0.05, 0) is 48.6 Å². The highest BCUT2D eigenvalue weighted by Gasteiger charge is 2.23. The summed E-state index contributed by atoms with van der Waals surface area (Å²) < 4.78 is 17.8. The maximum absolute atomic E-state index is 13.5. The largest absolute Gasteiger partial charge is 0.336 e. The zero-order valence-electron chi connectivity index (χ0n) is 18.5. The van der Waals surface area contributed by atoms with Crippen LogP contribution in [0.2, 0.25) is 0 Å². The van der Waals surface area contributed by atoms with E-state index in [0.717, 1.165) is 24.3 Å². The Hall–Kier alpha value is -3.62. The fourth-order valence-corrected chi connectivity index (χ4v) is 4.43. The monoisotopic (exact) mass is 473 g/mol. The molecule has 1 saturated heterocycles. The smallest absolute Gasteiger partial charge is 0.253 e. The summed E-state index contributed by atoms with van der Waals surface area (Å²) in [6.45, 7) is 3.26. The number of rotatable bonds is 5. The van der Waals surface area contributed by atoms with Gasteiger partial charge in [0.25, 0.3) is 5.91 Å². The van der Waals surface area contributed by atoms with Gasteiger partial charge in [0.15, 0.2) is 5.82 Å². The third-order valence-electron chi connectivity index (χ3n) is 5.97. The average molecular weight is 474 g/mol. The Labute approximate surface area is 202 Å². The summed E-state index contributed by atoms with van der Waals surface area (Å²) in [6.07, 6.45) is 0. The first-order valence-electron chi connectivity index (χ1n) is 11.2. The Bertz CT molecular complexity index is 1330. The Kier molecular flexibility index (Phi) is 6.33. The van der Waals surface area contributed by atoms with E-state index in [4.69, 9.17) is 17.3 Å². The van der Waals surface area contributed by atoms with Crippen molar-refractivity contribution < 1.29 is 9.18 Å². The summed E-state index contributed by atoms with van der Waals surface area (Å²) in [7, 11) is 0. The first kappa shape index (κ1) is 22.2. The van der Waals surface area contributed by atoms with Crippen molar-refractivity contribution in [3.05, 3.63) is 101 Å². The minimum absolute atomic E-state index is 0.0591. The van der Waals surface area contributed by atoms with Crippen molar-refractivity contribution in [3.63, 3.8) is 0 Å². The molecule has 0 spiro atoms. The summed E-state index contributed by atoms with van der Waals surface area (Å²) >= 11 is 5.80. The Morgan fingerprint density at radius 2 is 1.47 bits per heavy atom. The number of hydrogen-bond acceptors (Lipinski definition) is 4. The summed E-state index contributed by atoms with van der Waals surface area (Å²) in [5, 5.41) is 4.83. The van der Waals surface area contributed by atoms with Crippen molar-refractivity contribution in [1.29, 1.82) is 0 Å². The molecule has 0 unspecified atom stereocenters. The maximum Gasteiger partial charge on any atom is 0.253 e. The lowest BCUT2D eigenvalue weighted by molar-refractivity contribution is 0.0585. The number of nitrogens with zero attached hydrogens (tertiary/aromatic N) is 5. The molecule has 34 heavy (non-hydrogen) atoms. The lowest BCUT2D eigenvalue weighted by Gasteiger charge is -2.34. The van der Waals surface area contributed by atoms with E-state index in [-0.39, 0.29) is 11.7 Å². The number of halogens is 1. The van der Waals surface area contributed by atoms with E-state index in [1.807, 2.05) is 70.1 Å². The van der Waals surface area contributed by atoms with Crippen LogP contribution < -0.4 is 0 Å². The normalized spacial score (nSPS) is 14.3. The SMILES string of the molecule is O=C(c1ccccc1)N1CCN(Cn2nc(-c3ccccc3)n(-c3ccc(F)cc3)c2=S)CC1. The molecule has 2 heterocycles. The van der Waals surface area contributed by atoms with E-state index in [1.54, 1.807) is 16.8 Å². The van der Waals surface area contributed by atoms with Gasteiger partial charge in [0.2, 0.25) is 4.77 Å². The fourth-order valence-electron chi connectivity index (χ4n) is 4.14. The Morgan fingerprint density at radius 3 is 2.12 bits per heavy atom. The highest BCUT2D eigenvalue weighted by molar-refractivity contribution is 7.71. The van der Waals surface area contributed by atoms with Crippen LogP contribution in [0.25, 0.3) is 17.1 Å². The topological polar surface area (TPSA) is 46.3 Å². The molecule has 6 nitrogen and oxygen atoms in total. The highest BCUT2D eigenvalue weighted by Crippen LogP contribution is 2.23. The van der Waals surface area contributed by atoms with E-state index in [2.05, 4.69) is 4.90 Å². The molecule has 4 aromatic rings. The number of benzene rings is 3. The number of carbonyl (C=O) groups is 1. The first-order chi connectivity index (χ1) is 16.6. The van der Waals surface area contributed by atoms with Gasteiger partial charge in [-0.1, -0.05) is 48.5 Å². The summed E-state index contributed by atoms with van der Waals surface area (Å²) in [5.74, 6) is 0.464. The predicted molar refractivity (Wildman–Crippen MR) is 132 cm³/mol. The number of amides is 1. The molecule has 5 rings (SSSR count). The number of aromatic nitrogens is 3. The van der Waals surface area contributed by atoms with Gasteiger partial charge < -0.3 is 4.90 Å². The van der Waals surface area contributed by atoms with Gasteiger partial charge in [0.05, 0.1) is 12.4 Å². The van der Waals surface area contributed by atoms with Gasteiger partial charge in [-0.25, -0.2) is 9.07 Å². The molecule has 172 valence electrons. The lowest BCUT2D eigenvalue weighted by Crippen LogP contribution is -2.49. The minimum atomic E-state index is -0.299. The van der Waals surface area contributed by atoms with Gasteiger partial charge in [-0.3, -0.25) is 14.3 Å². The summed E-state index contributed by atoms with van der Waals surface area (Å²) in [4.78, 5) is 16.9. The predicted octanol–water partition coefficient (Wildman–Crippen LogP) is 4.62. The van der Waals surface area contributed by atoms with Crippen molar-refractivity contribution in [2.75, 3.05) is 26.2 Å². The quantitative estimate of drug-likeness (QED) is 0.397. The van der Waals surface area contributed by atoms with Crippen LogP contribution in [0, 0.1) is 10.6 Å². The Balaban J connectivity index is 1.37. The van der Waals surface area contributed by atoms with Crippen molar-refractivity contribution in [3.8, 4) is 17.1 Å². The van der Waals surface area contributed by atoms with Crippen molar-refractivity contribution in [1.82, 2.24) is 24.1 Å². The maximum atomic E-state index is 13.5. The van der Waals surface area contributed by atoms with Crippen LogP contribution in [0.3, 0.4) is 0 Å². The van der Waals surface area contributed by atoms with Crippen LogP contribution in [0.5, 0.6) is 0 Å². The van der Waals surface area contributed by atoms with Crippen LogP contribution in [0.4, 0.5) is 4.39 Å². The third kappa shape index (κ3) is 4.55. The second-order valence-electron chi connectivity index (χ2n) is 8.20. The molecule has 1 fully saturated rings. The van der Waals surface area contributed by atoms with Crippen LogP contribution >= 0.6 is 12.2 Å². The van der Waals surface area contributed by atoms with E-state index < -0.39 is 0 Å². The molecule has 8 heteroatoms. The zero-order valence-corrected chi connectivity index (χ0v) is 19.4. The van der Waals surface area contributed by atoms with Gasteiger partial charge in [0, 0.05) is 37.3 Å². The third-order valence-corrected chi connectivity index (χ3v) is 6.36. The highest BCUT2D eigenvalue weighted by atomic mass is 32.1. The van der Waals surface area contributed by atoms with Gasteiger partial charge in [-0.2, -0.15) is 0 Å². The molecular formula is C26H24FN5OS. The van der Waals surface area contributed by atoms with E-state index in [9.17, 15) is 9.18 Å². The van der Waals surface area contributed by atoms with E-state index in [1.165, 1.54) is 12.1 Å². The van der Waals surface area contributed by atoms with Gasteiger partial charge >= 0.3 is 0 Å². The summed E-state index contributed by atoms with van der Waals surface area (Å²) in [5.41, 5.74) is 2.40. The molecule has 1 aliphatic heterocycles. The molecule has 1 aromatic heterocycles. The number of carbonyl (C=O) groups excluding carboxylic acids is 1. The zero-order chi connectivity index (χ0) is 23.5. The van der Waals surface area contributed by atoms with Crippen molar-refractivity contribution in [2.45, 2.75) is 6.67 Å². The van der Waals surface area contributed by atoms with Crippen LogP contribution in [0.1, 0.15) is 10.4 Å². The molecule has 0 aliphatic carbocycles. The van der Waals surface area contributed by atoms with Crippen molar-refractivity contribution in [2.24, 2.45) is 0 Å². The second-order valence-corrected chi connectivity index (χ2v) is 8.57. The molecule has 1 amide bonds. The molecule has 0 radical (unpaired) electrons. The number of piperazine rings is 1. The molecular weight excluding hydrogens is 449 g/mol. The Morgan fingerprint density at radius 1 is 0.853 bits per heavy atom. The minimum Gasteiger partial charge on any atom is -0.336 e. The molecule has 0 bridgehead atoms. The molecule has 3 aromatic carbocycles. The van der Waals surface area contributed by atoms with Crippen LogP contribution in [-0.2, 0) is 6.67 Å². The van der Waals surface area contributed by atoms with Crippen LogP contribution in [-0.4, -0.2) is 56.2 Å². The first-order valence-corrected chi connectivity index (χ1v) is 11.6. The number of hydrogen-bond donors (Lipinski definition) is 0. The van der Waals surface area contributed by atoms with Crippen molar-refractivity contribution >= 4 is 18.1 Å². The molecule has 0 N–H and O–H groups in total. The van der Waals surface area contributed by atoms with Gasteiger partial charge in [-0.15, -0.1) is 5.10 Å². The van der Waals surface area contributed by atoms with Crippen LogP contribution in [0.15, 0.2) is 84.9 Å². The van der Waals surface area contributed by atoms with E-state index >= 15 is 0 Å². The standard InChI is InChI=1S/C26H24FN5OS/c27-22-11-13-23(14-12-22)32-24(20-7-3-1-4-8-20)28-31(26(32)34)19-29-15-17-30(18-16-29)25(33)21-9-5-2-6-10-21/h1-14H,15-19H2. The average Bonchev–Trinajstić information content (AvgIpc) is 3.21. The molecule has 0 saturated carbocycles. The van der Waals surface area contributed by atoms with E-state index in [0.29, 0.717) is 35.9 Å². The van der Waals surface area contributed by atoms with Gasteiger partial charge in [0.1, 0.15) is 5.82 Å². The lowest BCUT2D eigenvalue weighted by atomic mass is 10.2. The fraction of sp³-hybridized carbons (Fsp3) is 0.192. The summed E-state index contributed by atoms with van der Waals surface area (Å²) in [6, 6.07) is 25.5.